The molecule has 1 aromatic carbocycles. The number of piperidine rings is 1. The van der Waals surface area contributed by atoms with E-state index in [1.54, 1.807) is 6.07 Å². The fraction of sp³-hybridized carbons (Fsp3) is 0.462. The minimum atomic E-state index is -3.76. The summed E-state index contributed by atoms with van der Waals surface area (Å²) in [6.45, 7) is 0.742. The quantitative estimate of drug-likeness (QED) is 0.786. The molecule has 2 aliphatic heterocycles. The number of hydrogen-bond donors (Lipinski definition) is 2. The van der Waals surface area contributed by atoms with Crippen LogP contribution >= 0.6 is 11.6 Å². The Morgan fingerprint density at radius 3 is 2.90 bits per heavy atom. The largest absolute Gasteiger partial charge is 0.399 e. The van der Waals surface area contributed by atoms with Crippen molar-refractivity contribution in [1.82, 2.24) is 9.62 Å². The van der Waals surface area contributed by atoms with Crippen molar-refractivity contribution in [3.63, 3.8) is 0 Å². The number of anilines is 1. The van der Waals surface area contributed by atoms with Gasteiger partial charge in [-0.3, -0.25) is 4.79 Å². The van der Waals surface area contributed by atoms with Crippen LogP contribution in [0.3, 0.4) is 0 Å². The third-order valence-electron chi connectivity index (χ3n) is 4.09. The first-order chi connectivity index (χ1) is 9.91. The second kappa shape index (κ2) is 5.15. The predicted octanol–water partition coefficient (Wildman–Crippen LogP) is 0.821. The van der Waals surface area contributed by atoms with Gasteiger partial charge in [-0.1, -0.05) is 11.6 Å². The zero-order chi connectivity index (χ0) is 15.2. The lowest BCUT2D eigenvalue weighted by Gasteiger charge is -2.34. The van der Waals surface area contributed by atoms with Gasteiger partial charge in [-0.25, -0.2) is 8.42 Å². The Hall–Kier alpha value is -1.31. The molecule has 1 aromatic rings. The number of nitrogens with one attached hydrogen (secondary N) is 1. The average Bonchev–Trinajstić information content (AvgIpc) is 2.83. The summed E-state index contributed by atoms with van der Waals surface area (Å²) in [5.74, 6) is -0.341. The molecule has 114 valence electrons. The van der Waals surface area contributed by atoms with Gasteiger partial charge in [0.2, 0.25) is 15.9 Å². The summed E-state index contributed by atoms with van der Waals surface area (Å²) in [5, 5.41) is 2.88. The van der Waals surface area contributed by atoms with E-state index in [2.05, 4.69) is 5.32 Å². The lowest BCUT2D eigenvalue weighted by Crippen LogP contribution is -2.48. The van der Waals surface area contributed by atoms with Gasteiger partial charge in [0.25, 0.3) is 0 Å². The van der Waals surface area contributed by atoms with Gasteiger partial charge in [-0.05, 0) is 31.0 Å². The Labute approximate surface area is 128 Å². The molecule has 8 heteroatoms. The van der Waals surface area contributed by atoms with Crippen LogP contribution in [0.1, 0.15) is 12.8 Å². The highest BCUT2D eigenvalue weighted by Gasteiger charge is 2.46. The number of nitrogens with two attached hydrogens (primary N) is 1. The molecule has 3 rings (SSSR count). The van der Waals surface area contributed by atoms with Gasteiger partial charge in [0.05, 0.1) is 17.0 Å². The monoisotopic (exact) mass is 329 g/mol. The van der Waals surface area contributed by atoms with E-state index in [-0.39, 0.29) is 27.8 Å². The smallest absolute Gasteiger partial charge is 0.244 e. The Morgan fingerprint density at radius 2 is 2.14 bits per heavy atom. The van der Waals surface area contributed by atoms with Crippen molar-refractivity contribution in [2.45, 2.75) is 23.8 Å². The number of rotatable bonds is 2. The zero-order valence-electron chi connectivity index (χ0n) is 11.3. The molecule has 2 aliphatic rings. The number of nitrogens with zero attached hydrogens (tertiary/aromatic N) is 1. The van der Waals surface area contributed by atoms with Crippen LogP contribution in [-0.2, 0) is 14.8 Å². The number of carbonyl (C=O) groups excluding carboxylic acids is 1. The molecule has 0 radical (unpaired) electrons. The maximum atomic E-state index is 12.9. The molecule has 0 aromatic heterocycles. The summed E-state index contributed by atoms with van der Waals surface area (Å²) in [4.78, 5) is 11.8. The highest BCUT2D eigenvalue weighted by Crippen LogP contribution is 2.34. The lowest BCUT2D eigenvalue weighted by molar-refractivity contribution is -0.123. The molecule has 0 saturated carbocycles. The number of fused-ring (bicyclic) bond motifs is 1. The molecule has 0 spiro atoms. The molecule has 0 bridgehead atoms. The molecule has 2 unspecified atom stereocenters. The van der Waals surface area contributed by atoms with Gasteiger partial charge in [-0.2, -0.15) is 4.31 Å². The first-order valence-electron chi connectivity index (χ1n) is 6.76. The van der Waals surface area contributed by atoms with Crippen molar-refractivity contribution in [1.29, 1.82) is 0 Å². The molecule has 2 atom stereocenters. The second-order valence-corrected chi connectivity index (χ2v) is 7.63. The van der Waals surface area contributed by atoms with E-state index in [1.807, 2.05) is 0 Å². The number of sulfonamides is 1. The van der Waals surface area contributed by atoms with Crippen LogP contribution in [0, 0.1) is 5.92 Å². The number of carbonyl (C=O) groups is 1. The maximum Gasteiger partial charge on any atom is 0.244 e. The van der Waals surface area contributed by atoms with E-state index in [9.17, 15) is 13.2 Å². The van der Waals surface area contributed by atoms with Crippen LogP contribution in [0.4, 0.5) is 5.69 Å². The number of nitrogen functional groups attached to an aromatic ring is 1. The third kappa shape index (κ3) is 2.39. The summed E-state index contributed by atoms with van der Waals surface area (Å²) >= 11 is 6.03. The minimum Gasteiger partial charge on any atom is -0.399 e. The summed E-state index contributed by atoms with van der Waals surface area (Å²) in [6.07, 6.45) is 1.38. The van der Waals surface area contributed by atoms with Crippen molar-refractivity contribution in [3.8, 4) is 0 Å². The fourth-order valence-corrected chi connectivity index (χ4v) is 5.26. The van der Waals surface area contributed by atoms with Gasteiger partial charge in [0.15, 0.2) is 0 Å². The van der Waals surface area contributed by atoms with Gasteiger partial charge in [-0.15, -0.1) is 0 Å². The standard InChI is InChI=1S/C13H16ClN3O3S/c14-10-4-3-8(15)6-12(10)21(19,20)17-5-1-2-9-11(17)7-16-13(9)18/h3-4,6,9,11H,1-2,5,7,15H2,(H,16,18). The fourth-order valence-electron chi connectivity index (χ4n) is 3.05. The Bertz CT molecular complexity index is 692. The van der Waals surface area contributed by atoms with E-state index in [4.69, 9.17) is 17.3 Å². The SMILES string of the molecule is Nc1ccc(Cl)c(S(=O)(=O)N2CCCC3C(=O)NCC32)c1. The Balaban J connectivity index is 2.01. The van der Waals surface area contributed by atoms with Crippen molar-refractivity contribution >= 4 is 33.2 Å². The van der Waals surface area contributed by atoms with Gasteiger partial charge < -0.3 is 11.1 Å². The van der Waals surface area contributed by atoms with E-state index in [0.717, 1.165) is 0 Å². The van der Waals surface area contributed by atoms with Gasteiger partial charge in [0, 0.05) is 18.8 Å². The van der Waals surface area contributed by atoms with Crippen molar-refractivity contribution < 1.29 is 13.2 Å². The summed E-state index contributed by atoms with van der Waals surface area (Å²) in [5.41, 5.74) is 6.01. The van der Waals surface area contributed by atoms with E-state index < -0.39 is 10.0 Å². The second-order valence-electron chi connectivity index (χ2n) is 5.37. The van der Waals surface area contributed by atoms with Crippen LogP contribution < -0.4 is 11.1 Å². The van der Waals surface area contributed by atoms with E-state index in [0.29, 0.717) is 31.6 Å². The lowest BCUT2D eigenvalue weighted by atomic mass is 9.93. The third-order valence-corrected chi connectivity index (χ3v) is 6.50. The molecule has 0 aliphatic carbocycles. The number of benzene rings is 1. The zero-order valence-corrected chi connectivity index (χ0v) is 12.8. The molecule has 6 nitrogen and oxygen atoms in total. The Kier molecular flexibility index (Phi) is 3.59. The molecule has 1 amide bonds. The molecule has 3 N–H and O–H groups in total. The maximum absolute atomic E-state index is 12.9. The van der Waals surface area contributed by atoms with Crippen LogP contribution in [0.5, 0.6) is 0 Å². The predicted molar refractivity (Wildman–Crippen MR) is 79.3 cm³/mol. The van der Waals surface area contributed by atoms with Crippen LogP contribution in [0.15, 0.2) is 23.1 Å². The number of hydrogen-bond acceptors (Lipinski definition) is 4. The van der Waals surface area contributed by atoms with Gasteiger partial charge in [0.1, 0.15) is 4.90 Å². The Morgan fingerprint density at radius 1 is 1.38 bits per heavy atom. The number of amides is 1. The van der Waals surface area contributed by atoms with E-state index >= 15 is 0 Å². The minimum absolute atomic E-state index is 0.00386. The normalized spacial score (nSPS) is 26.4. The van der Waals surface area contributed by atoms with Crippen LogP contribution in [-0.4, -0.2) is 37.8 Å². The molecule has 21 heavy (non-hydrogen) atoms. The van der Waals surface area contributed by atoms with Crippen molar-refractivity contribution in [2.75, 3.05) is 18.8 Å². The molecular formula is C13H16ClN3O3S. The summed E-state index contributed by atoms with van der Waals surface area (Å²) < 4.78 is 27.1. The number of halogens is 1. The average molecular weight is 330 g/mol. The molecular weight excluding hydrogens is 314 g/mol. The molecule has 2 heterocycles. The molecule has 2 saturated heterocycles. The van der Waals surface area contributed by atoms with Crippen molar-refractivity contribution in [3.05, 3.63) is 23.2 Å². The summed E-state index contributed by atoms with van der Waals surface area (Å²) in [7, 11) is -3.76. The highest BCUT2D eigenvalue weighted by molar-refractivity contribution is 7.89. The van der Waals surface area contributed by atoms with E-state index in [1.165, 1.54) is 16.4 Å². The summed E-state index contributed by atoms with van der Waals surface area (Å²) in [6, 6.07) is 4.06. The van der Waals surface area contributed by atoms with Crippen molar-refractivity contribution in [2.24, 2.45) is 5.92 Å². The van der Waals surface area contributed by atoms with Crippen LogP contribution in [0.2, 0.25) is 5.02 Å². The van der Waals surface area contributed by atoms with Crippen LogP contribution in [0.25, 0.3) is 0 Å². The first kappa shape index (κ1) is 14.6. The topological polar surface area (TPSA) is 92.5 Å². The highest BCUT2D eigenvalue weighted by atomic mass is 35.5. The van der Waals surface area contributed by atoms with Gasteiger partial charge >= 0.3 is 0 Å². The first-order valence-corrected chi connectivity index (χ1v) is 8.57. The molecule has 2 fully saturated rings.